The fraction of sp³-hybridized carbons (Fsp3) is 0.480. The second-order valence-electron chi connectivity index (χ2n) is 9.60. The standard InChI is InChI=1S/C25H33N3O/c1-25(2,3)23(18-7-5-4-6-8-18)19-9-11-20(12-10-19)24(29)28-16-14-21(17-28)22-13-15-26-27-22/h4-12,21-23,26-27H,13-17H2,1-3H3. The number of hydrazine groups is 1. The van der Waals surface area contributed by atoms with Crippen LogP contribution in [-0.4, -0.2) is 36.5 Å². The van der Waals surface area contributed by atoms with E-state index in [1.165, 1.54) is 11.1 Å². The maximum absolute atomic E-state index is 13.0. The summed E-state index contributed by atoms with van der Waals surface area (Å²) in [5.41, 5.74) is 10.0. The number of hydrogen-bond donors (Lipinski definition) is 2. The molecule has 0 spiro atoms. The summed E-state index contributed by atoms with van der Waals surface area (Å²) >= 11 is 0. The first-order valence-electron chi connectivity index (χ1n) is 10.9. The Kier molecular flexibility index (Phi) is 5.75. The van der Waals surface area contributed by atoms with E-state index in [0.717, 1.165) is 38.0 Å². The van der Waals surface area contributed by atoms with Gasteiger partial charge in [-0.05, 0) is 47.4 Å². The van der Waals surface area contributed by atoms with Gasteiger partial charge < -0.3 is 4.90 Å². The third kappa shape index (κ3) is 4.39. The van der Waals surface area contributed by atoms with Crippen molar-refractivity contribution < 1.29 is 4.79 Å². The maximum atomic E-state index is 13.0. The van der Waals surface area contributed by atoms with E-state index >= 15 is 0 Å². The van der Waals surface area contributed by atoms with Crippen molar-refractivity contribution in [2.24, 2.45) is 11.3 Å². The Balaban J connectivity index is 1.49. The number of amides is 1. The molecule has 2 aromatic rings. The number of rotatable bonds is 4. The van der Waals surface area contributed by atoms with E-state index in [9.17, 15) is 4.79 Å². The molecule has 0 radical (unpaired) electrons. The average Bonchev–Trinajstić information content (AvgIpc) is 3.40. The van der Waals surface area contributed by atoms with Gasteiger partial charge >= 0.3 is 0 Å². The minimum Gasteiger partial charge on any atom is -0.338 e. The molecule has 2 aliphatic rings. The van der Waals surface area contributed by atoms with Gasteiger partial charge in [0.25, 0.3) is 5.91 Å². The highest BCUT2D eigenvalue weighted by Gasteiger charge is 2.34. The number of hydrogen-bond acceptors (Lipinski definition) is 3. The second-order valence-corrected chi connectivity index (χ2v) is 9.60. The average molecular weight is 392 g/mol. The minimum atomic E-state index is 0.0946. The maximum Gasteiger partial charge on any atom is 0.253 e. The molecule has 4 nitrogen and oxygen atoms in total. The quantitative estimate of drug-likeness (QED) is 0.821. The molecule has 0 aromatic heterocycles. The zero-order chi connectivity index (χ0) is 20.4. The number of nitrogens with zero attached hydrogens (tertiary/aromatic N) is 1. The van der Waals surface area contributed by atoms with E-state index in [1.807, 2.05) is 17.0 Å². The molecule has 3 atom stereocenters. The van der Waals surface area contributed by atoms with Gasteiger partial charge in [0.1, 0.15) is 0 Å². The van der Waals surface area contributed by atoms with Gasteiger partial charge in [0.15, 0.2) is 0 Å². The van der Waals surface area contributed by atoms with Crippen molar-refractivity contribution in [3.05, 3.63) is 71.3 Å². The van der Waals surface area contributed by atoms with Gasteiger partial charge in [-0.15, -0.1) is 0 Å². The third-order valence-electron chi connectivity index (χ3n) is 6.44. The number of likely N-dealkylation sites (tertiary alicyclic amines) is 1. The molecule has 2 fully saturated rings. The van der Waals surface area contributed by atoms with Gasteiger partial charge in [-0.1, -0.05) is 63.2 Å². The molecule has 2 saturated heterocycles. The Morgan fingerprint density at radius 2 is 1.69 bits per heavy atom. The highest BCUT2D eigenvalue weighted by Crippen LogP contribution is 2.40. The van der Waals surface area contributed by atoms with E-state index < -0.39 is 0 Å². The molecular weight excluding hydrogens is 358 g/mol. The predicted octanol–water partition coefficient (Wildman–Crippen LogP) is 4.19. The summed E-state index contributed by atoms with van der Waals surface area (Å²) in [4.78, 5) is 15.1. The first-order chi connectivity index (χ1) is 13.9. The van der Waals surface area contributed by atoms with Crippen LogP contribution >= 0.6 is 0 Å². The summed E-state index contributed by atoms with van der Waals surface area (Å²) in [6.45, 7) is 9.57. The monoisotopic (exact) mass is 391 g/mol. The molecule has 3 unspecified atom stereocenters. The molecule has 2 heterocycles. The lowest BCUT2D eigenvalue weighted by atomic mass is 9.72. The zero-order valence-corrected chi connectivity index (χ0v) is 17.8. The summed E-state index contributed by atoms with van der Waals surface area (Å²) in [7, 11) is 0. The van der Waals surface area contributed by atoms with Crippen molar-refractivity contribution in [1.82, 2.24) is 15.8 Å². The minimum absolute atomic E-state index is 0.0946. The SMILES string of the molecule is CC(C)(C)C(c1ccccc1)c1ccc(C(=O)N2CCC(C3CCNN3)C2)cc1. The lowest BCUT2D eigenvalue weighted by Gasteiger charge is -2.32. The van der Waals surface area contributed by atoms with Crippen LogP contribution in [0.5, 0.6) is 0 Å². The van der Waals surface area contributed by atoms with E-state index in [2.05, 4.69) is 74.1 Å². The highest BCUT2D eigenvalue weighted by molar-refractivity contribution is 5.94. The van der Waals surface area contributed by atoms with Crippen LogP contribution < -0.4 is 10.9 Å². The lowest BCUT2D eigenvalue weighted by molar-refractivity contribution is 0.0784. The van der Waals surface area contributed by atoms with Crippen molar-refractivity contribution in [3.63, 3.8) is 0 Å². The normalized spacial score (nSPS) is 23.3. The second kappa shape index (κ2) is 8.29. The Labute approximate surface area is 174 Å². The van der Waals surface area contributed by atoms with Crippen LogP contribution in [0.3, 0.4) is 0 Å². The van der Waals surface area contributed by atoms with Crippen LogP contribution in [0, 0.1) is 11.3 Å². The molecule has 0 aliphatic carbocycles. The van der Waals surface area contributed by atoms with Crippen molar-refractivity contribution in [3.8, 4) is 0 Å². The summed E-state index contributed by atoms with van der Waals surface area (Å²) in [5, 5.41) is 0. The summed E-state index contributed by atoms with van der Waals surface area (Å²) in [6, 6.07) is 19.5. The van der Waals surface area contributed by atoms with Crippen LogP contribution in [0.1, 0.15) is 61.0 Å². The Morgan fingerprint density at radius 3 is 2.31 bits per heavy atom. The molecular formula is C25H33N3O. The highest BCUT2D eigenvalue weighted by atomic mass is 16.2. The molecule has 1 amide bonds. The topological polar surface area (TPSA) is 44.4 Å². The molecule has 2 N–H and O–H groups in total. The lowest BCUT2D eigenvalue weighted by Crippen LogP contribution is -2.37. The number of carbonyl (C=O) groups is 1. The van der Waals surface area contributed by atoms with Gasteiger partial charge in [0.05, 0.1) is 0 Å². The summed E-state index contributed by atoms with van der Waals surface area (Å²) in [6.07, 6.45) is 2.23. The van der Waals surface area contributed by atoms with Crippen molar-refractivity contribution in [1.29, 1.82) is 0 Å². The van der Waals surface area contributed by atoms with Crippen LogP contribution in [0.4, 0.5) is 0 Å². The Bertz CT molecular complexity index is 819. The van der Waals surface area contributed by atoms with Gasteiger partial charge in [-0.2, -0.15) is 0 Å². The van der Waals surface area contributed by atoms with Crippen LogP contribution in [-0.2, 0) is 0 Å². The molecule has 2 aromatic carbocycles. The Hall–Kier alpha value is -2.17. The van der Waals surface area contributed by atoms with Crippen LogP contribution in [0.15, 0.2) is 54.6 Å². The van der Waals surface area contributed by atoms with Gasteiger partial charge in [0.2, 0.25) is 0 Å². The summed E-state index contributed by atoms with van der Waals surface area (Å²) < 4.78 is 0. The van der Waals surface area contributed by atoms with Gasteiger partial charge in [0, 0.05) is 37.2 Å². The largest absolute Gasteiger partial charge is 0.338 e. The van der Waals surface area contributed by atoms with Crippen LogP contribution in [0.2, 0.25) is 0 Å². The molecule has 0 bridgehead atoms. The first kappa shape index (κ1) is 20.1. The Morgan fingerprint density at radius 1 is 1.00 bits per heavy atom. The van der Waals surface area contributed by atoms with Crippen molar-refractivity contribution >= 4 is 5.91 Å². The smallest absolute Gasteiger partial charge is 0.253 e. The number of nitrogens with one attached hydrogen (secondary N) is 2. The molecule has 2 aliphatic heterocycles. The number of carbonyl (C=O) groups excluding carboxylic acids is 1. The fourth-order valence-electron chi connectivity index (χ4n) is 5.00. The molecule has 0 saturated carbocycles. The first-order valence-corrected chi connectivity index (χ1v) is 10.9. The van der Waals surface area contributed by atoms with Crippen molar-refractivity contribution in [2.45, 2.75) is 45.6 Å². The third-order valence-corrected chi connectivity index (χ3v) is 6.44. The molecule has 154 valence electrons. The number of benzene rings is 2. The van der Waals surface area contributed by atoms with Crippen LogP contribution in [0.25, 0.3) is 0 Å². The zero-order valence-electron chi connectivity index (χ0n) is 17.8. The van der Waals surface area contributed by atoms with Gasteiger partial charge in [-0.25, -0.2) is 0 Å². The molecule has 29 heavy (non-hydrogen) atoms. The molecule has 4 heteroatoms. The van der Waals surface area contributed by atoms with E-state index in [4.69, 9.17) is 0 Å². The van der Waals surface area contributed by atoms with E-state index in [1.54, 1.807) is 0 Å². The fourth-order valence-corrected chi connectivity index (χ4v) is 5.00. The van der Waals surface area contributed by atoms with E-state index in [-0.39, 0.29) is 11.3 Å². The van der Waals surface area contributed by atoms with E-state index in [0.29, 0.717) is 17.9 Å². The van der Waals surface area contributed by atoms with Crippen molar-refractivity contribution in [2.75, 3.05) is 19.6 Å². The summed E-state index contributed by atoms with van der Waals surface area (Å²) in [5.74, 6) is 1.01. The predicted molar refractivity (Wildman–Crippen MR) is 118 cm³/mol. The van der Waals surface area contributed by atoms with Gasteiger partial charge in [-0.3, -0.25) is 15.6 Å². The molecule has 4 rings (SSSR count).